The molecule has 0 saturated carbocycles. The second kappa shape index (κ2) is 9.99. The predicted molar refractivity (Wildman–Crippen MR) is 207 cm³/mol. The van der Waals surface area contributed by atoms with E-state index in [0.29, 0.717) is 0 Å². The van der Waals surface area contributed by atoms with Gasteiger partial charge in [-0.1, -0.05) is 36.4 Å². The van der Waals surface area contributed by atoms with Gasteiger partial charge in [-0.2, -0.15) is 0 Å². The second-order valence-electron chi connectivity index (χ2n) is 13.7. The van der Waals surface area contributed by atoms with Gasteiger partial charge < -0.3 is 28.7 Å². The van der Waals surface area contributed by atoms with Crippen molar-refractivity contribution in [2.75, 3.05) is 23.4 Å². The number of rotatable bonds is 2. The van der Waals surface area contributed by atoms with Gasteiger partial charge >= 0.3 is 0 Å². The van der Waals surface area contributed by atoms with Gasteiger partial charge in [0.25, 0.3) is 6.71 Å². The molecule has 0 amide bonds. The van der Waals surface area contributed by atoms with Crippen LogP contribution in [0.4, 0.5) is 34.1 Å². The number of thiophene rings is 2. The van der Waals surface area contributed by atoms with Crippen molar-refractivity contribution in [1.82, 2.24) is 0 Å². The molecule has 11 rings (SSSR count). The molecule has 0 unspecified atom stereocenters. The van der Waals surface area contributed by atoms with Gasteiger partial charge in [0, 0.05) is 52.2 Å². The van der Waals surface area contributed by atoms with Gasteiger partial charge in [0.1, 0.15) is 0 Å². The standard InChI is InChI=1S/C41H31BN2O4S2/c1-20-14-27-33-28(15-20)44(35-22(3)17-30-39(24(35)5)48-19-46-30)37-26-11-7-9-13-32(26)50-41(37)42(33)40-36(25-10-6-8-12-31(25)49-40)43(27)34-21(2)16-29-38(23(34)4)47-18-45-29/h6-17H,18-19H2,1-5H3. The van der Waals surface area contributed by atoms with Crippen molar-refractivity contribution in [2.24, 2.45) is 0 Å². The minimum Gasteiger partial charge on any atom is -0.454 e. The van der Waals surface area contributed by atoms with Crippen LogP contribution in [0.1, 0.15) is 27.8 Å². The first kappa shape index (κ1) is 28.7. The third kappa shape index (κ3) is 3.58. The highest BCUT2D eigenvalue weighted by Gasteiger charge is 2.48. The van der Waals surface area contributed by atoms with E-state index in [1.54, 1.807) is 0 Å². The van der Waals surface area contributed by atoms with Crippen LogP contribution in [-0.4, -0.2) is 20.3 Å². The Hall–Kier alpha value is -5.12. The van der Waals surface area contributed by atoms with Crippen molar-refractivity contribution in [1.29, 1.82) is 0 Å². The van der Waals surface area contributed by atoms with Crippen molar-refractivity contribution in [3.05, 3.63) is 101 Å². The van der Waals surface area contributed by atoms with E-state index in [9.17, 15) is 0 Å². The predicted octanol–water partition coefficient (Wildman–Crippen LogP) is 9.20. The number of fused-ring (bicyclic) bond motifs is 10. The Bertz CT molecular complexity index is 2480. The summed E-state index contributed by atoms with van der Waals surface area (Å²) in [5, 5.41) is 2.54. The fourth-order valence-electron chi connectivity index (χ4n) is 8.87. The Balaban J connectivity index is 1.30. The largest absolute Gasteiger partial charge is 0.454 e. The van der Waals surface area contributed by atoms with E-state index in [2.05, 4.69) is 117 Å². The molecule has 2 aromatic heterocycles. The first-order valence-electron chi connectivity index (χ1n) is 17.0. The molecule has 0 saturated heterocycles. The molecule has 0 atom stereocenters. The van der Waals surface area contributed by atoms with Crippen molar-refractivity contribution in [2.45, 2.75) is 34.6 Å². The average molecular weight is 691 g/mol. The molecule has 0 aliphatic carbocycles. The fourth-order valence-corrected chi connectivity index (χ4v) is 11.6. The van der Waals surface area contributed by atoms with Gasteiger partial charge in [-0.05, 0) is 93.2 Å². The molecule has 244 valence electrons. The summed E-state index contributed by atoms with van der Waals surface area (Å²) >= 11 is 3.85. The number of anilines is 6. The quantitative estimate of drug-likeness (QED) is 0.169. The number of hydrogen-bond donors (Lipinski definition) is 0. The molecule has 7 aromatic rings. The van der Waals surface area contributed by atoms with Crippen LogP contribution < -0.4 is 43.8 Å². The molecule has 0 spiro atoms. The van der Waals surface area contributed by atoms with E-state index in [0.717, 1.165) is 56.6 Å². The summed E-state index contributed by atoms with van der Waals surface area (Å²) in [5.41, 5.74) is 14.2. The first-order chi connectivity index (χ1) is 24.4. The Labute approximate surface area is 298 Å². The second-order valence-corrected chi connectivity index (χ2v) is 15.9. The van der Waals surface area contributed by atoms with Crippen molar-refractivity contribution in [3.63, 3.8) is 0 Å². The van der Waals surface area contributed by atoms with Crippen LogP contribution in [0.2, 0.25) is 0 Å². The van der Waals surface area contributed by atoms with Gasteiger partial charge in [0.05, 0.1) is 22.7 Å². The molecule has 5 aromatic carbocycles. The summed E-state index contributed by atoms with van der Waals surface area (Å²) in [4.78, 5) is 5.08. The van der Waals surface area contributed by atoms with Crippen LogP contribution in [0.25, 0.3) is 20.2 Å². The summed E-state index contributed by atoms with van der Waals surface area (Å²) in [7, 11) is 0. The maximum atomic E-state index is 6.10. The summed E-state index contributed by atoms with van der Waals surface area (Å²) in [6.07, 6.45) is 0. The van der Waals surface area contributed by atoms with E-state index in [4.69, 9.17) is 18.9 Å². The van der Waals surface area contributed by atoms with Crippen molar-refractivity contribution < 1.29 is 18.9 Å². The van der Waals surface area contributed by atoms with Crippen LogP contribution in [-0.2, 0) is 0 Å². The van der Waals surface area contributed by atoms with E-state index in [1.165, 1.54) is 63.5 Å². The Morgan fingerprint density at radius 3 is 1.50 bits per heavy atom. The van der Waals surface area contributed by atoms with Gasteiger partial charge in [0.2, 0.25) is 13.6 Å². The minimum atomic E-state index is 0.0668. The smallest absolute Gasteiger partial charge is 0.277 e. The van der Waals surface area contributed by atoms with Crippen LogP contribution in [0.5, 0.6) is 23.0 Å². The highest BCUT2D eigenvalue weighted by molar-refractivity contribution is 7.40. The molecular weight excluding hydrogens is 659 g/mol. The molecule has 6 nitrogen and oxygen atoms in total. The fraction of sp³-hybridized carbons (Fsp3) is 0.171. The van der Waals surface area contributed by atoms with Crippen LogP contribution in [0.3, 0.4) is 0 Å². The third-order valence-electron chi connectivity index (χ3n) is 10.8. The zero-order chi connectivity index (χ0) is 33.6. The lowest BCUT2D eigenvalue weighted by Crippen LogP contribution is -2.59. The number of ether oxygens (including phenoxy) is 4. The Morgan fingerprint density at radius 1 is 0.560 bits per heavy atom. The number of benzene rings is 5. The molecule has 4 aliphatic rings. The minimum absolute atomic E-state index is 0.0668. The summed E-state index contributed by atoms with van der Waals surface area (Å²) < 4.78 is 29.3. The third-order valence-corrected chi connectivity index (χ3v) is 13.2. The first-order valence-corrected chi connectivity index (χ1v) is 18.6. The van der Waals surface area contributed by atoms with E-state index < -0.39 is 0 Å². The number of nitrogens with zero attached hydrogens (tertiary/aromatic N) is 2. The normalized spacial score (nSPS) is 14.9. The molecular formula is C41H31BN2O4S2. The lowest BCUT2D eigenvalue weighted by molar-refractivity contribution is 0.173. The van der Waals surface area contributed by atoms with Crippen LogP contribution >= 0.6 is 22.7 Å². The lowest BCUT2D eigenvalue weighted by Gasteiger charge is -2.43. The monoisotopic (exact) mass is 690 g/mol. The van der Waals surface area contributed by atoms with E-state index in [-0.39, 0.29) is 20.3 Å². The lowest BCUT2D eigenvalue weighted by atomic mass is 9.39. The Morgan fingerprint density at radius 2 is 1.02 bits per heavy atom. The summed E-state index contributed by atoms with van der Waals surface area (Å²) in [6.45, 7) is 11.5. The van der Waals surface area contributed by atoms with E-state index >= 15 is 0 Å². The maximum absolute atomic E-state index is 6.10. The number of hydrogen-bond acceptors (Lipinski definition) is 8. The topological polar surface area (TPSA) is 43.4 Å². The van der Waals surface area contributed by atoms with Crippen LogP contribution in [0, 0.1) is 34.6 Å². The summed E-state index contributed by atoms with van der Waals surface area (Å²) in [5.74, 6) is 3.29. The maximum Gasteiger partial charge on any atom is 0.277 e. The highest BCUT2D eigenvalue weighted by Crippen LogP contribution is 2.55. The average Bonchev–Trinajstić information content (AvgIpc) is 3.91. The molecule has 6 heterocycles. The molecule has 4 aliphatic heterocycles. The van der Waals surface area contributed by atoms with Crippen molar-refractivity contribution >= 4 is 98.7 Å². The molecule has 50 heavy (non-hydrogen) atoms. The molecule has 0 radical (unpaired) electrons. The van der Waals surface area contributed by atoms with Gasteiger partial charge in [-0.3, -0.25) is 0 Å². The number of aryl methyl sites for hydroxylation is 3. The van der Waals surface area contributed by atoms with Gasteiger partial charge in [-0.15, -0.1) is 22.7 Å². The van der Waals surface area contributed by atoms with Gasteiger partial charge in [0.15, 0.2) is 23.0 Å². The van der Waals surface area contributed by atoms with Crippen molar-refractivity contribution in [3.8, 4) is 23.0 Å². The molecule has 0 fully saturated rings. The highest BCUT2D eigenvalue weighted by atomic mass is 32.1. The Kier molecular flexibility index (Phi) is 5.73. The molecule has 0 N–H and O–H groups in total. The SMILES string of the molecule is Cc1cc2c3c(c1)N(c1c(C)cc4c(c1C)OCO4)c1c(sc4ccccc14)B3c1sc3ccccc3c1N2c1c(C)cc2c(c1C)OCO2. The zero-order valence-corrected chi connectivity index (χ0v) is 29.9. The zero-order valence-electron chi connectivity index (χ0n) is 28.3. The van der Waals surface area contributed by atoms with Crippen LogP contribution in [0.15, 0.2) is 72.8 Å². The van der Waals surface area contributed by atoms with Gasteiger partial charge in [-0.25, -0.2) is 0 Å². The molecule has 9 heteroatoms. The van der Waals surface area contributed by atoms with E-state index in [1.807, 2.05) is 22.7 Å². The summed E-state index contributed by atoms with van der Waals surface area (Å²) in [6, 6.07) is 26.8. The molecule has 0 bridgehead atoms.